The maximum atomic E-state index is 6.49. The molecular weight excluding hydrogens is 392 g/mol. The van der Waals surface area contributed by atoms with E-state index >= 15 is 0 Å². The Morgan fingerprint density at radius 3 is 3.00 bits per heavy atom. The molecule has 0 unspecified atom stereocenters. The van der Waals surface area contributed by atoms with Crippen LogP contribution < -0.4 is 4.74 Å². The van der Waals surface area contributed by atoms with Gasteiger partial charge in [-0.3, -0.25) is 4.98 Å². The summed E-state index contributed by atoms with van der Waals surface area (Å²) < 4.78 is 13.4. The number of fused-ring (bicyclic) bond motifs is 3. The van der Waals surface area contributed by atoms with E-state index in [1.807, 2.05) is 30.5 Å². The Morgan fingerprint density at radius 1 is 1.11 bits per heavy atom. The van der Waals surface area contributed by atoms with Gasteiger partial charge in [-0.15, -0.1) is 11.3 Å². The fraction of sp³-hybridized carbons (Fsp3) is 0.273. The standard InChI is InChI=1S/C22H17ClN2O2S/c23-13-9-12-10-19(21-15-3-1-2-4-17(15)25-27-21)26-20(12)16(11-13)14-5-7-24-18-6-8-28-22(14)18/h5-9,11,19H,1-4,10H2/t19-/m1/s1. The zero-order valence-electron chi connectivity index (χ0n) is 15.1. The molecule has 0 fully saturated rings. The highest BCUT2D eigenvalue weighted by Crippen LogP contribution is 2.47. The van der Waals surface area contributed by atoms with Crippen molar-refractivity contribution in [1.29, 1.82) is 0 Å². The highest BCUT2D eigenvalue weighted by atomic mass is 35.5. The predicted molar refractivity (Wildman–Crippen MR) is 110 cm³/mol. The number of hydrogen-bond donors (Lipinski definition) is 0. The van der Waals surface area contributed by atoms with Crippen molar-refractivity contribution in [3.63, 3.8) is 0 Å². The largest absolute Gasteiger partial charge is 0.481 e. The fourth-order valence-electron chi connectivity index (χ4n) is 4.42. The average Bonchev–Trinajstić information content (AvgIpc) is 3.43. The number of benzene rings is 1. The second-order valence-corrected chi connectivity index (χ2v) is 8.78. The summed E-state index contributed by atoms with van der Waals surface area (Å²) in [7, 11) is 0. The number of hydrogen-bond acceptors (Lipinski definition) is 5. The van der Waals surface area contributed by atoms with Gasteiger partial charge in [0.1, 0.15) is 5.75 Å². The summed E-state index contributed by atoms with van der Waals surface area (Å²) in [6, 6.07) is 8.08. The first-order chi connectivity index (χ1) is 13.8. The minimum Gasteiger partial charge on any atom is -0.481 e. The Labute approximate surface area is 171 Å². The molecular formula is C22H17ClN2O2S. The molecule has 0 N–H and O–H groups in total. The van der Waals surface area contributed by atoms with Gasteiger partial charge in [-0.25, -0.2) is 0 Å². The van der Waals surface area contributed by atoms with E-state index in [2.05, 4.69) is 15.5 Å². The van der Waals surface area contributed by atoms with Crippen molar-refractivity contribution < 1.29 is 9.26 Å². The highest BCUT2D eigenvalue weighted by molar-refractivity contribution is 7.17. The Bertz CT molecular complexity index is 1210. The molecule has 1 aliphatic carbocycles. The van der Waals surface area contributed by atoms with Gasteiger partial charge in [-0.2, -0.15) is 0 Å². The summed E-state index contributed by atoms with van der Waals surface area (Å²) in [6.45, 7) is 0. The van der Waals surface area contributed by atoms with Crippen molar-refractivity contribution in [2.24, 2.45) is 0 Å². The lowest BCUT2D eigenvalue weighted by Crippen LogP contribution is -2.08. The lowest BCUT2D eigenvalue weighted by atomic mass is 9.93. The lowest BCUT2D eigenvalue weighted by molar-refractivity contribution is 0.189. The van der Waals surface area contributed by atoms with Gasteiger partial charge in [0, 0.05) is 39.9 Å². The van der Waals surface area contributed by atoms with Gasteiger partial charge in [-0.05, 0) is 55.3 Å². The van der Waals surface area contributed by atoms with Crippen LogP contribution in [0.5, 0.6) is 5.75 Å². The monoisotopic (exact) mass is 408 g/mol. The third kappa shape index (κ3) is 2.50. The van der Waals surface area contributed by atoms with Crippen molar-refractivity contribution >= 4 is 33.2 Å². The van der Waals surface area contributed by atoms with Crippen molar-refractivity contribution in [3.05, 3.63) is 63.4 Å². The number of nitrogens with zero attached hydrogens (tertiary/aromatic N) is 2. The second-order valence-electron chi connectivity index (χ2n) is 7.42. The quantitative estimate of drug-likeness (QED) is 0.398. The maximum Gasteiger partial charge on any atom is 0.181 e. The van der Waals surface area contributed by atoms with Crippen LogP contribution in [0.1, 0.15) is 41.5 Å². The number of ether oxygens (including phenoxy) is 1. The van der Waals surface area contributed by atoms with E-state index in [-0.39, 0.29) is 6.10 Å². The molecule has 1 aromatic carbocycles. The summed E-state index contributed by atoms with van der Waals surface area (Å²) in [5.41, 5.74) is 6.60. The summed E-state index contributed by atoms with van der Waals surface area (Å²) in [6.07, 6.45) is 6.86. The Kier molecular flexibility index (Phi) is 3.74. The van der Waals surface area contributed by atoms with E-state index in [4.69, 9.17) is 20.9 Å². The Hall–Kier alpha value is -2.37. The summed E-state index contributed by atoms with van der Waals surface area (Å²) in [5.74, 6) is 1.79. The first kappa shape index (κ1) is 16.6. The van der Waals surface area contributed by atoms with Crippen molar-refractivity contribution in [1.82, 2.24) is 10.1 Å². The zero-order valence-corrected chi connectivity index (χ0v) is 16.6. The first-order valence-corrected chi connectivity index (χ1v) is 10.8. The van der Waals surface area contributed by atoms with E-state index in [1.165, 1.54) is 18.4 Å². The first-order valence-electron chi connectivity index (χ1n) is 9.57. The average molecular weight is 409 g/mol. The summed E-state index contributed by atoms with van der Waals surface area (Å²) in [4.78, 5) is 4.46. The van der Waals surface area contributed by atoms with E-state index in [0.29, 0.717) is 0 Å². The minimum atomic E-state index is -0.137. The molecule has 28 heavy (non-hydrogen) atoms. The molecule has 1 aliphatic heterocycles. The third-order valence-electron chi connectivity index (χ3n) is 5.71. The van der Waals surface area contributed by atoms with Gasteiger partial charge >= 0.3 is 0 Å². The summed E-state index contributed by atoms with van der Waals surface area (Å²) in [5, 5.41) is 7.10. The van der Waals surface area contributed by atoms with Crippen LogP contribution in [-0.4, -0.2) is 10.1 Å². The molecule has 0 amide bonds. The lowest BCUT2D eigenvalue weighted by Gasteiger charge is -2.14. The molecule has 0 radical (unpaired) electrons. The van der Waals surface area contributed by atoms with Gasteiger partial charge in [0.05, 0.1) is 15.9 Å². The van der Waals surface area contributed by atoms with E-state index in [9.17, 15) is 0 Å². The smallest absolute Gasteiger partial charge is 0.181 e. The number of thiophene rings is 1. The van der Waals surface area contributed by atoms with Gasteiger partial charge in [0.25, 0.3) is 0 Å². The molecule has 4 nitrogen and oxygen atoms in total. The molecule has 4 heterocycles. The van der Waals surface area contributed by atoms with Gasteiger partial charge in [0.15, 0.2) is 11.9 Å². The van der Waals surface area contributed by atoms with E-state index in [1.54, 1.807) is 11.3 Å². The van der Waals surface area contributed by atoms with Crippen molar-refractivity contribution in [2.45, 2.75) is 38.2 Å². The summed E-state index contributed by atoms with van der Waals surface area (Å²) >= 11 is 8.18. The fourth-order valence-corrected chi connectivity index (χ4v) is 5.54. The Balaban J connectivity index is 1.46. The van der Waals surface area contributed by atoms with Crippen LogP contribution in [0.3, 0.4) is 0 Å². The maximum absolute atomic E-state index is 6.49. The normalized spacial score (nSPS) is 18.1. The van der Waals surface area contributed by atoms with Crippen molar-refractivity contribution in [3.8, 4) is 16.9 Å². The molecule has 2 aliphatic rings. The second kappa shape index (κ2) is 6.33. The molecule has 3 aromatic heterocycles. The number of halogens is 1. The van der Waals surface area contributed by atoms with E-state index < -0.39 is 0 Å². The zero-order chi connectivity index (χ0) is 18.7. The third-order valence-corrected chi connectivity index (χ3v) is 6.87. The van der Waals surface area contributed by atoms with Crippen LogP contribution in [0.4, 0.5) is 0 Å². The molecule has 0 bridgehead atoms. The molecule has 1 atom stereocenters. The van der Waals surface area contributed by atoms with Crippen LogP contribution >= 0.6 is 22.9 Å². The highest BCUT2D eigenvalue weighted by Gasteiger charge is 2.34. The van der Waals surface area contributed by atoms with Crippen LogP contribution in [0, 0.1) is 0 Å². The molecule has 0 saturated heterocycles. The molecule has 6 rings (SSSR count). The van der Waals surface area contributed by atoms with Crippen molar-refractivity contribution in [2.75, 3.05) is 0 Å². The van der Waals surface area contributed by atoms with Gasteiger partial charge in [0.2, 0.25) is 0 Å². The van der Waals surface area contributed by atoms with Crippen LogP contribution in [0.25, 0.3) is 21.3 Å². The number of aromatic nitrogens is 2. The minimum absolute atomic E-state index is 0.137. The topological polar surface area (TPSA) is 48.2 Å². The molecule has 0 saturated carbocycles. The van der Waals surface area contributed by atoms with Crippen LogP contribution in [0.2, 0.25) is 5.02 Å². The molecule has 140 valence electrons. The van der Waals surface area contributed by atoms with E-state index in [0.717, 1.165) is 68.4 Å². The SMILES string of the molecule is Clc1cc2c(c(-c3ccnc4ccsc34)c1)O[C@@H](c1onc3c1CCCC3)C2. The molecule has 6 heteroatoms. The number of rotatable bonds is 2. The molecule has 4 aromatic rings. The van der Waals surface area contributed by atoms with Crippen LogP contribution in [0.15, 0.2) is 40.4 Å². The molecule has 0 spiro atoms. The number of pyridine rings is 1. The Morgan fingerprint density at radius 2 is 2.04 bits per heavy atom. The predicted octanol–water partition coefficient (Wildman–Crippen LogP) is 6.16. The van der Waals surface area contributed by atoms with Gasteiger partial charge < -0.3 is 9.26 Å². The number of aryl methyl sites for hydroxylation is 1. The van der Waals surface area contributed by atoms with Crippen LogP contribution in [-0.2, 0) is 19.3 Å². The van der Waals surface area contributed by atoms with Gasteiger partial charge in [-0.1, -0.05) is 16.8 Å².